The Labute approximate surface area is 64.2 Å². The van der Waals surface area contributed by atoms with Crippen molar-refractivity contribution in [3.05, 3.63) is 18.7 Å². The van der Waals surface area contributed by atoms with E-state index in [4.69, 9.17) is 0 Å². The van der Waals surface area contributed by atoms with E-state index in [9.17, 15) is 4.39 Å². The van der Waals surface area contributed by atoms with Crippen molar-refractivity contribution in [3.8, 4) is 0 Å². The van der Waals surface area contributed by atoms with E-state index < -0.39 is 5.67 Å². The molecule has 2 heterocycles. The summed E-state index contributed by atoms with van der Waals surface area (Å²) in [6.07, 6.45) is 5.38. The topological polar surface area (TPSA) is 31.7 Å². The molecule has 0 amide bonds. The second kappa shape index (κ2) is 2.30. The Morgan fingerprint density at radius 2 is 2.36 bits per heavy atom. The predicted octanol–water partition coefficient (Wildman–Crippen LogP) is -0.386. The zero-order chi connectivity index (χ0) is 7.73. The van der Waals surface area contributed by atoms with Crippen LogP contribution in [0.1, 0.15) is 0 Å². The summed E-state index contributed by atoms with van der Waals surface area (Å²) < 4.78 is 15.2. The standard InChI is InChI=1S/C7H10FN3/c8-7(3-10-4-7)5-11-2-1-9-6-11/h1-2,6,10H,3-5H2/p+1. The largest absolute Gasteiger partial charge is 0.310 e. The maximum atomic E-state index is 13.4. The SMILES string of the molecule is FC1(C[n+]2cc[nH]c2)CNC1. The monoisotopic (exact) mass is 156 g/mol. The number of aromatic amines is 1. The highest BCUT2D eigenvalue weighted by Crippen LogP contribution is 2.15. The van der Waals surface area contributed by atoms with E-state index >= 15 is 0 Å². The van der Waals surface area contributed by atoms with Crippen molar-refractivity contribution >= 4 is 0 Å². The fourth-order valence-corrected chi connectivity index (χ4v) is 1.25. The first-order valence-corrected chi connectivity index (χ1v) is 3.70. The minimum atomic E-state index is -1.02. The molecular formula is C7H11FN3+. The van der Waals surface area contributed by atoms with Crippen LogP contribution in [0.25, 0.3) is 0 Å². The quantitative estimate of drug-likeness (QED) is 0.562. The van der Waals surface area contributed by atoms with E-state index in [1.165, 1.54) is 0 Å². The highest BCUT2D eigenvalue weighted by atomic mass is 19.1. The Morgan fingerprint density at radius 3 is 2.82 bits per heavy atom. The molecule has 1 aromatic heterocycles. The zero-order valence-corrected chi connectivity index (χ0v) is 6.18. The molecule has 0 spiro atoms. The van der Waals surface area contributed by atoms with E-state index in [0.717, 1.165) is 0 Å². The molecular weight excluding hydrogens is 145 g/mol. The number of imidazole rings is 1. The number of halogens is 1. The molecule has 2 N–H and O–H groups in total. The van der Waals surface area contributed by atoms with Crippen LogP contribution >= 0.6 is 0 Å². The molecule has 3 nitrogen and oxygen atoms in total. The summed E-state index contributed by atoms with van der Waals surface area (Å²) >= 11 is 0. The molecule has 1 aliphatic heterocycles. The molecule has 11 heavy (non-hydrogen) atoms. The first kappa shape index (κ1) is 6.79. The molecule has 0 unspecified atom stereocenters. The number of nitrogens with zero attached hydrogens (tertiary/aromatic N) is 1. The first-order valence-electron chi connectivity index (χ1n) is 3.70. The lowest BCUT2D eigenvalue weighted by Gasteiger charge is -2.32. The molecule has 0 bridgehead atoms. The summed E-state index contributed by atoms with van der Waals surface area (Å²) in [6, 6.07) is 0. The molecule has 0 aliphatic carbocycles. The molecule has 1 aliphatic rings. The van der Waals surface area contributed by atoms with Gasteiger partial charge >= 0.3 is 0 Å². The van der Waals surface area contributed by atoms with E-state index in [1.807, 2.05) is 10.8 Å². The molecule has 0 aromatic carbocycles. The fourth-order valence-electron chi connectivity index (χ4n) is 1.25. The molecule has 1 saturated heterocycles. The molecule has 0 radical (unpaired) electrons. The van der Waals surface area contributed by atoms with Crippen molar-refractivity contribution in [1.29, 1.82) is 0 Å². The smallest absolute Gasteiger partial charge is 0.241 e. The van der Waals surface area contributed by atoms with Gasteiger partial charge < -0.3 is 5.32 Å². The number of H-pyrrole nitrogens is 1. The van der Waals surface area contributed by atoms with Gasteiger partial charge in [-0.05, 0) is 0 Å². The number of aromatic nitrogens is 2. The third-order valence-electron chi connectivity index (χ3n) is 1.95. The van der Waals surface area contributed by atoms with Crippen molar-refractivity contribution in [2.45, 2.75) is 12.2 Å². The van der Waals surface area contributed by atoms with Crippen molar-refractivity contribution < 1.29 is 8.96 Å². The lowest BCUT2D eigenvalue weighted by molar-refractivity contribution is -0.707. The first-order chi connectivity index (χ1) is 5.29. The Balaban J connectivity index is 2.00. The van der Waals surface area contributed by atoms with Gasteiger partial charge in [0.2, 0.25) is 6.33 Å². The number of alkyl halides is 1. The summed E-state index contributed by atoms with van der Waals surface area (Å²) in [5.41, 5.74) is -1.02. The van der Waals surface area contributed by atoms with Crippen LogP contribution in [-0.2, 0) is 6.54 Å². The summed E-state index contributed by atoms with van der Waals surface area (Å²) in [7, 11) is 0. The highest BCUT2D eigenvalue weighted by molar-refractivity contribution is 4.90. The summed E-state index contributed by atoms with van der Waals surface area (Å²) in [4.78, 5) is 2.88. The van der Waals surface area contributed by atoms with E-state index in [2.05, 4.69) is 10.3 Å². The van der Waals surface area contributed by atoms with Crippen molar-refractivity contribution in [2.24, 2.45) is 0 Å². The summed E-state index contributed by atoms with van der Waals surface area (Å²) in [5, 5.41) is 2.92. The van der Waals surface area contributed by atoms with Crippen LogP contribution in [0, 0.1) is 0 Å². The molecule has 1 aromatic rings. The van der Waals surface area contributed by atoms with Gasteiger partial charge in [-0.1, -0.05) is 0 Å². The second-order valence-electron chi connectivity index (χ2n) is 3.04. The highest BCUT2D eigenvalue weighted by Gasteiger charge is 2.39. The second-order valence-corrected chi connectivity index (χ2v) is 3.04. The minimum absolute atomic E-state index is 0.448. The van der Waals surface area contributed by atoms with Gasteiger partial charge in [0.05, 0.1) is 0 Å². The van der Waals surface area contributed by atoms with Crippen LogP contribution in [0.4, 0.5) is 4.39 Å². The van der Waals surface area contributed by atoms with Crippen molar-refractivity contribution in [1.82, 2.24) is 10.3 Å². The normalized spacial score (nSPS) is 21.2. The Bertz CT molecular complexity index is 228. The fraction of sp³-hybridized carbons (Fsp3) is 0.571. The minimum Gasteiger partial charge on any atom is -0.310 e. The summed E-state index contributed by atoms with van der Waals surface area (Å²) in [6.45, 7) is 1.40. The van der Waals surface area contributed by atoms with Gasteiger partial charge in [-0.3, -0.25) is 4.98 Å². The molecule has 2 rings (SSSR count). The van der Waals surface area contributed by atoms with Crippen LogP contribution in [0.5, 0.6) is 0 Å². The third kappa shape index (κ3) is 1.26. The van der Waals surface area contributed by atoms with Crippen LogP contribution in [-0.4, -0.2) is 23.7 Å². The summed E-state index contributed by atoms with van der Waals surface area (Å²) in [5.74, 6) is 0. The van der Waals surface area contributed by atoms with Crippen LogP contribution in [0.2, 0.25) is 0 Å². The van der Waals surface area contributed by atoms with Crippen LogP contribution in [0.15, 0.2) is 18.7 Å². The Morgan fingerprint density at radius 1 is 1.55 bits per heavy atom. The molecule has 1 fully saturated rings. The lowest BCUT2D eigenvalue weighted by Crippen LogP contribution is -2.62. The van der Waals surface area contributed by atoms with Crippen molar-refractivity contribution in [2.75, 3.05) is 13.1 Å². The van der Waals surface area contributed by atoms with Gasteiger partial charge in [-0.25, -0.2) is 8.96 Å². The van der Waals surface area contributed by atoms with E-state index in [0.29, 0.717) is 19.6 Å². The molecule has 4 heteroatoms. The van der Waals surface area contributed by atoms with Gasteiger partial charge in [-0.2, -0.15) is 0 Å². The predicted molar refractivity (Wildman–Crippen MR) is 37.7 cm³/mol. The number of hydrogen-bond acceptors (Lipinski definition) is 1. The average molecular weight is 156 g/mol. The maximum Gasteiger partial charge on any atom is 0.241 e. The zero-order valence-electron chi connectivity index (χ0n) is 6.18. The van der Waals surface area contributed by atoms with Gasteiger partial charge in [-0.15, -0.1) is 0 Å². The van der Waals surface area contributed by atoms with Crippen molar-refractivity contribution in [3.63, 3.8) is 0 Å². The lowest BCUT2D eigenvalue weighted by atomic mass is 10.00. The van der Waals surface area contributed by atoms with E-state index in [1.54, 1.807) is 12.5 Å². The third-order valence-corrected chi connectivity index (χ3v) is 1.95. The van der Waals surface area contributed by atoms with Gasteiger partial charge in [0.25, 0.3) is 0 Å². The van der Waals surface area contributed by atoms with Gasteiger partial charge in [0, 0.05) is 13.1 Å². The Kier molecular flexibility index (Phi) is 1.42. The van der Waals surface area contributed by atoms with Crippen LogP contribution < -0.4 is 9.88 Å². The molecule has 60 valence electrons. The van der Waals surface area contributed by atoms with Crippen LogP contribution in [0.3, 0.4) is 0 Å². The molecule has 0 atom stereocenters. The van der Waals surface area contributed by atoms with E-state index in [-0.39, 0.29) is 0 Å². The Hall–Kier alpha value is -0.900. The van der Waals surface area contributed by atoms with Gasteiger partial charge in [0.15, 0.2) is 5.67 Å². The maximum absolute atomic E-state index is 13.4. The van der Waals surface area contributed by atoms with Gasteiger partial charge in [0.1, 0.15) is 18.9 Å². The number of rotatable bonds is 2. The average Bonchev–Trinajstić information content (AvgIpc) is 2.36. The molecule has 0 saturated carbocycles. The number of hydrogen-bond donors (Lipinski definition) is 2. The number of nitrogens with one attached hydrogen (secondary N) is 2.